The van der Waals surface area contributed by atoms with Crippen LogP contribution in [-0.4, -0.2) is 15.9 Å². The van der Waals surface area contributed by atoms with Crippen molar-refractivity contribution < 1.29 is 4.79 Å². The van der Waals surface area contributed by atoms with Crippen LogP contribution in [0.25, 0.3) is 0 Å². The van der Waals surface area contributed by atoms with Crippen molar-refractivity contribution in [3.8, 4) is 0 Å². The highest BCUT2D eigenvalue weighted by Gasteiger charge is 2.09. The molecule has 7 heteroatoms. The Hall–Kier alpha value is -1.85. The van der Waals surface area contributed by atoms with Crippen LogP contribution in [0.15, 0.2) is 30.5 Å². The molecule has 0 saturated carbocycles. The van der Waals surface area contributed by atoms with Crippen LogP contribution in [0.4, 0.5) is 11.6 Å². The average molecular weight is 283 g/mol. The maximum atomic E-state index is 11.9. The predicted molar refractivity (Wildman–Crippen MR) is 70.9 cm³/mol. The van der Waals surface area contributed by atoms with E-state index in [-0.39, 0.29) is 16.9 Å². The van der Waals surface area contributed by atoms with E-state index in [1.54, 1.807) is 12.1 Å². The molecule has 2 heterocycles. The molecule has 0 unspecified atom stereocenters. The van der Waals surface area contributed by atoms with E-state index in [0.29, 0.717) is 16.4 Å². The van der Waals surface area contributed by atoms with Crippen molar-refractivity contribution >= 4 is 40.7 Å². The van der Waals surface area contributed by atoms with Crippen molar-refractivity contribution in [3.63, 3.8) is 0 Å². The highest BCUT2D eigenvalue weighted by molar-refractivity contribution is 6.30. The zero-order valence-electron chi connectivity index (χ0n) is 9.02. The summed E-state index contributed by atoms with van der Waals surface area (Å²) in [6.07, 6.45) is 1.44. The molecule has 0 aromatic carbocycles. The van der Waals surface area contributed by atoms with Gasteiger partial charge in [0.05, 0.1) is 5.02 Å². The molecule has 0 aliphatic heterocycles. The minimum atomic E-state index is -0.374. The van der Waals surface area contributed by atoms with Crippen molar-refractivity contribution in [2.45, 2.75) is 0 Å². The summed E-state index contributed by atoms with van der Waals surface area (Å²) < 4.78 is 0. The van der Waals surface area contributed by atoms with Gasteiger partial charge in [0.2, 0.25) is 0 Å². The first kappa shape index (κ1) is 12.6. The van der Waals surface area contributed by atoms with Gasteiger partial charge >= 0.3 is 0 Å². The molecule has 2 rings (SSSR count). The van der Waals surface area contributed by atoms with Crippen molar-refractivity contribution in [2.75, 3.05) is 11.1 Å². The summed E-state index contributed by atoms with van der Waals surface area (Å²) in [5.41, 5.74) is 5.81. The van der Waals surface area contributed by atoms with Gasteiger partial charge in [-0.05, 0) is 24.3 Å². The second-order valence-electron chi connectivity index (χ2n) is 3.42. The second kappa shape index (κ2) is 5.20. The number of pyridine rings is 2. The van der Waals surface area contributed by atoms with Crippen LogP contribution < -0.4 is 11.1 Å². The lowest BCUT2D eigenvalue weighted by Crippen LogP contribution is -2.13. The van der Waals surface area contributed by atoms with E-state index in [1.807, 2.05) is 0 Å². The SMILES string of the molecule is Nc1cc(C(=O)Nc2ccc(Cl)cn2)cc(Cl)n1. The third kappa shape index (κ3) is 3.09. The third-order valence-electron chi connectivity index (χ3n) is 2.05. The first-order valence-corrected chi connectivity index (χ1v) is 5.66. The van der Waals surface area contributed by atoms with Crippen LogP contribution in [0.3, 0.4) is 0 Å². The largest absolute Gasteiger partial charge is 0.384 e. The third-order valence-corrected chi connectivity index (χ3v) is 2.46. The molecule has 2 aromatic heterocycles. The van der Waals surface area contributed by atoms with Crippen LogP contribution in [0.1, 0.15) is 10.4 Å². The number of nitrogens with one attached hydrogen (secondary N) is 1. The Kier molecular flexibility index (Phi) is 3.64. The lowest BCUT2D eigenvalue weighted by molar-refractivity contribution is 0.102. The highest BCUT2D eigenvalue weighted by atomic mass is 35.5. The minimum Gasteiger partial charge on any atom is -0.384 e. The van der Waals surface area contributed by atoms with E-state index in [2.05, 4.69) is 15.3 Å². The summed E-state index contributed by atoms with van der Waals surface area (Å²) in [7, 11) is 0. The number of anilines is 2. The van der Waals surface area contributed by atoms with E-state index in [9.17, 15) is 4.79 Å². The Balaban J connectivity index is 2.19. The topological polar surface area (TPSA) is 80.9 Å². The van der Waals surface area contributed by atoms with Gasteiger partial charge in [0.25, 0.3) is 5.91 Å². The number of hydrogen-bond donors (Lipinski definition) is 2. The minimum absolute atomic E-state index is 0.157. The zero-order valence-corrected chi connectivity index (χ0v) is 10.5. The molecule has 0 atom stereocenters. The highest BCUT2D eigenvalue weighted by Crippen LogP contribution is 2.14. The smallest absolute Gasteiger partial charge is 0.257 e. The molecule has 5 nitrogen and oxygen atoms in total. The maximum absolute atomic E-state index is 11.9. The lowest BCUT2D eigenvalue weighted by atomic mass is 10.2. The molecule has 0 fully saturated rings. The van der Waals surface area contributed by atoms with E-state index >= 15 is 0 Å². The quantitative estimate of drug-likeness (QED) is 0.830. The standard InChI is InChI=1S/C11H8Cl2N4O/c12-7-1-2-10(15-5-7)17-11(18)6-3-8(13)16-9(14)4-6/h1-5H,(H2,14,16)(H,15,17,18). The molecule has 0 radical (unpaired) electrons. The summed E-state index contributed by atoms with van der Waals surface area (Å²) >= 11 is 11.4. The number of nitrogen functional groups attached to an aromatic ring is 1. The maximum Gasteiger partial charge on any atom is 0.257 e. The Morgan fingerprint density at radius 3 is 2.67 bits per heavy atom. The van der Waals surface area contributed by atoms with E-state index in [1.165, 1.54) is 18.3 Å². The number of carbonyl (C=O) groups is 1. The molecule has 18 heavy (non-hydrogen) atoms. The lowest BCUT2D eigenvalue weighted by Gasteiger charge is -2.05. The fourth-order valence-electron chi connectivity index (χ4n) is 1.29. The van der Waals surface area contributed by atoms with Gasteiger partial charge in [-0.3, -0.25) is 4.79 Å². The number of nitrogens with zero attached hydrogens (tertiary/aromatic N) is 2. The molecular formula is C11H8Cl2N4O. The molecule has 0 aliphatic carbocycles. The van der Waals surface area contributed by atoms with Crippen LogP contribution in [0.5, 0.6) is 0 Å². The van der Waals surface area contributed by atoms with E-state index in [0.717, 1.165) is 0 Å². The van der Waals surface area contributed by atoms with Crippen LogP contribution in [0.2, 0.25) is 10.2 Å². The second-order valence-corrected chi connectivity index (χ2v) is 4.24. The van der Waals surface area contributed by atoms with Gasteiger partial charge in [0.1, 0.15) is 16.8 Å². The number of aromatic nitrogens is 2. The Labute approximate surface area is 113 Å². The summed E-state index contributed by atoms with van der Waals surface area (Å²) in [6, 6.07) is 6.06. The van der Waals surface area contributed by atoms with Gasteiger partial charge < -0.3 is 11.1 Å². The molecule has 3 N–H and O–H groups in total. The normalized spacial score (nSPS) is 10.1. The molecule has 0 saturated heterocycles. The van der Waals surface area contributed by atoms with Crippen molar-refractivity contribution in [2.24, 2.45) is 0 Å². The van der Waals surface area contributed by atoms with Crippen LogP contribution in [-0.2, 0) is 0 Å². The van der Waals surface area contributed by atoms with Gasteiger partial charge in [0, 0.05) is 11.8 Å². The number of rotatable bonds is 2. The van der Waals surface area contributed by atoms with Crippen molar-refractivity contribution in [1.29, 1.82) is 0 Å². The molecule has 1 amide bonds. The van der Waals surface area contributed by atoms with Gasteiger partial charge in [-0.25, -0.2) is 9.97 Å². The fraction of sp³-hybridized carbons (Fsp3) is 0. The first-order chi connectivity index (χ1) is 8.54. The molecule has 2 aromatic rings. The number of amides is 1. The van der Waals surface area contributed by atoms with Crippen LogP contribution >= 0.6 is 23.2 Å². The van der Waals surface area contributed by atoms with Crippen molar-refractivity contribution in [3.05, 3.63) is 46.2 Å². The molecule has 0 aliphatic rings. The fourth-order valence-corrected chi connectivity index (χ4v) is 1.61. The Bertz CT molecular complexity index is 566. The summed E-state index contributed by atoms with van der Waals surface area (Å²) in [6.45, 7) is 0. The zero-order chi connectivity index (χ0) is 13.1. The van der Waals surface area contributed by atoms with Gasteiger partial charge in [-0.1, -0.05) is 23.2 Å². The number of hydrogen-bond acceptors (Lipinski definition) is 4. The molecular weight excluding hydrogens is 275 g/mol. The summed E-state index contributed by atoms with van der Waals surface area (Å²) in [5.74, 6) is 0.188. The average Bonchev–Trinajstić information content (AvgIpc) is 2.31. The first-order valence-electron chi connectivity index (χ1n) is 4.90. The Morgan fingerprint density at radius 2 is 2.06 bits per heavy atom. The Morgan fingerprint density at radius 1 is 1.28 bits per heavy atom. The van der Waals surface area contributed by atoms with Crippen molar-refractivity contribution in [1.82, 2.24) is 9.97 Å². The van der Waals surface area contributed by atoms with E-state index < -0.39 is 0 Å². The number of halogens is 2. The van der Waals surface area contributed by atoms with Crippen LogP contribution in [0, 0.1) is 0 Å². The monoisotopic (exact) mass is 282 g/mol. The molecule has 0 bridgehead atoms. The van der Waals surface area contributed by atoms with E-state index in [4.69, 9.17) is 28.9 Å². The molecule has 0 spiro atoms. The van der Waals surface area contributed by atoms with Gasteiger partial charge in [-0.15, -0.1) is 0 Å². The molecule has 92 valence electrons. The van der Waals surface area contributed by atoms with Gasteiger partial charge in [0.15, 0.2) is 0 Å². The number of carbonyl (C=O) groups excluding carboxylic acids is 1. The summed E-state index contributed by atoms with van der Waals surface area (Å²) in [4.78, 5) is 19.6. The van der Waals surface area contributed by atoms with Gasteiger partial charge in [-0.2, -0.15) is 0 Å². The predicted octanol–water partition coefficient (Wildman–Crippen LogP) is 2.62. The number of nitrogens with two attached hydrogens (primary N) is 1. The summed E-state index contributed by atoms with van der Waals surface area (Å²) in [5, 5.41) is 3.24.